The zero-order valence-electron chi connectivity index (χ0n) is 12.2. The van der Waals surface area contributed by atoms with Crippen molar-refractivity contribution < 1.29 is 9.47 Å². The lowest BCUT2D eigenvalue weighted by molar-refractivity contribution is -0.140. The number of ether oxygens (including phenoxy) is 2. The van der Waals surface area contributed by atoms with Crippen molar-refractivity contribution in [3.63, 3.8) is 0 Å². The Bertz CT molecular complexity index is 423. The molecule has 112 valence electrons. The Balaban J connectivity index is 1.45. The summed E-state index contributed by atoms with van der Waals surface area (Å²) in [7, 11) is 0. The fourth-order valence-electron chi connectivity index (χ4n) is 3.18. The molecule has 6 nitrogen and oxygen atoms in total. The van der Waals surface area contributed by atoms with E-state index < -0.39 is 0 Å². The van der Waals surface area contributed by atoms with E-state index in [1.807, 2.05) is 17.8 Å². The first-order valence-electron chi connectivity index (χ1n) is 7.58. The van der Waals surface area contributed by atoms with Crippen LogP contribution in [0, 0.1) is 6.92 Å². The molecule has 3 heterocycles. The summed E-state index contributed by atoms with van der Waals surface area (Å²) < 4.78 is 13.4. The smallest absolute Gasteiger partial charge is 0.0796 e. The van der Waals surface area contributed by atoms with E-state index in [2.05, 4.69) is 15.6 Å². The lowest BCUT2D eigenvalue weighted by Crippen LogP contribution is -2.50. The number of hydrogen-bond donors (Lipinski definition) is 1. The van der Waals surface area contributed by atoms with E-state index in [1.165, 1.54) is 0 Å². The van der Waals surface area contributed by atoms with Crippen LogP contribution in [0.5, 0.6) is 0 Å². The van der Waals surface area contributed by atoms with Gasteiger partial charge in [0.15, 0.2) is 0 Å². The van der Waals surface area contributed by atoms with Crippen LogP contribution in [-0.4, -0.2) is 53.0 Å². The molecule has 1 atom stereocenters. The first-order chi connectivity index (χ1) is 9.76. The van der Waals surface area contributed by atoms with Gasteiger partial charge in [-0.05, 0) is 32.6 Å². The molecule has 0 saturated carbocycles. The molecule has 1 aromatic heterocycles. The lowest BCUT2D eigenvalue weighted by atomic mass is 9.84. The zero-order chi connectivity index (χ0) is 13.8. The van der Waals surface area contributed by atoms with Gasteiger partial charge < -0.3 is 14.8 Å². The molecule has 6 heteroatoms. The fourth-order valence-corrected chi connectivity index (χ4v) is 3.18. The first-order valence-corrected chi connectivity index (χ1v) is 7.58. The van der Waals surface area contributed by atoms with Crippen LogP contribution in [0.3, 0.4) is 0 Å². The van der Waals surface area contributed by atoms with Gasteiger partial charge in [0.1, 0.15) is 0 Å². The van der Waals surface area contributed by atoms with Crippen molar-refractivity contribution in [2.45, 2.75) is 50.8 Å². The third kappa shape index (κ3) is 3.37. The topological polar surface area (TPSA) is 61.2 Å². The van der Waals surface area contributed by atoms with E-state index in [0.717, 1.165) is 64.3 Å². The average Bonchev–Trinajstić information content (AvgIpc) is 2.86. The van der Waals surface area contributed by atoms with E-state index in [1.54, 1.807) is 0 Å². The van der Waals surface area contributed by atoms with Gasteiger partial charge in [-0.25, -0.2) is 0 Å². The Hall–Kier alpha value is -0.980. The summed E-state index contributed by atoms with van der Waals surface area (Å²) in [6.45, 7) is 6.30. The monoisotopic (exact) mass is 280 g/mol. The van der Waals surface area contributed by atoms with Crippen LogP contribution in [0.4, 0.5) is 0 Å². The number of rotatable bonds is 4. The Morgan fingerprint density at radius 3 is 3.00 bits per heavy atom. The summed E-state index contributed by atoms with van der Waals surface area (Å²) in [5.41, 5.74) is 1.04. The number of aryl methyl sites for hydroxylation is 1. The largest absolute Gasteiger partial charge is 0.381 e. The summed E-state index contributed by atoms with van der Waals surface area (Å²) in [5.74, 6) is 0. The van der Waals surface area contributed by atoms with Gasteiger partial charge in [0.05, 0.1) is 17.8 Å². The molecular weight excluding hydrogens is 256 g/mol. The van der Waals surface area contributed by atoms with Gasteiger partial charge in [0.25, 0.3) is 0 Å². The Morgan fingerprint density at radius 1 is 1.40 bits per heavy atom. The molecule has 2 aliphatic rings. The van der Waals surface area contributed by atoms with E-state index in [-0.39, 0.29) is 5.60 Å². The van der Waals surface area contributed by atoms with E-state index in [9.17, 15) is 0 Å². The van der Waals surface area contributed by atoms with Gasteiger partial charge >= 0.3 is 0 Å². The zero-order valence-corrected chi connectivity index (χ0v) is 12.2. The molecule has 0 bridgehead atoms. The molecule has 0 amide bonds. The number of nitrogens with zero attached hydrogens (tertiary/aromatic N) is 3. The maximum absolute atomic E-state index is 6.06. The second-order valence-corrected chi connectivity index (χ2v) is 5.91. The summed E-state index contributed by atoms with van der Waals surface area (Å²) in [6, 6.07) is 0.548. The minimum Gasteiger partial charge on any atom is -0.381 e. The van der Waals surface area contributed by atoms with E-state index in [0.29, 0.717) is 6.04 Å². The van der Waals surface area contributed by atoms with Gasteiger partial charge in [-0.1, -0.05) is 5.21 Å². The van der Waals surface area contributed by atoms with Gasteiger partial charge in [0, 0.05) is 38.6 Å². The van der Waals surface area contributed by atoms with Crippen molar-refractivity contribution in [2.75, 3.05) is 26.4 Å². The average molecular weight is 280 g/mol. The number of nitrogens with one attached hydrogen (secondary N) is 1. The SMILES string of the molecule is Cc1cn(CCN[C@H]2CCOC3(CCOCC3)C2)nn1. The molecule has 2 saturated heterocycles. The minimum absolute atomic E-state index is 0.0675. The van der Waals surface area contributed by atoms with Crippen LogP contribution in [0.2, 0.25) is 0 Å². The van der Waals surface area contributed by atoms with Gasteiger partial charge in [-0.2, -0.15) is 0 Å². The maximum atomic E-state index is 6.06. The predicted octanol–water partition coefficient (Wildman–Crippen LogP) is 0.904. The molecule has 20 heavy (non-hydrogen) atoms. The second kappa shape index (κ2) is 6.20. The van der Waals surface area contributed by atoms with Crippen molar-refractivity contribution in [3.05, 3.63) is 11.9 Å². The molecule has 0 unspecified atom stereocenters. The second-order valence-electron chi connectivity index (χ2n) is 5.91. The highest BCUT2D eigenvalue weighted by molar-refractivity contribution is 4.91. The first kappa shape index (κ1) is 14.0. The lowest BCUT2D eigenvalue weighted by Gasteiger charge is -2.43. The van der Waals surface area contributed by atoms with Crippen LogP contribution in [0.1, 0.15) is 31.4 Å². The molecule has 1 spiro atoms. The minimum atomic E-state index is 0.0675. The van der Waals surface area contributed by atoms with Crippen molar-refractivity contribution in [3.8, 4) is 0 Å². The predicted molar refractivity (Wildman–Crippen MR) is 74.5 cm³/mol. The highest BCUT2D eigenvalue weighted by Crippen LogP contribution is 2.34. The van der Waals surface area contributed by atoms with Crippen LogP contribution in [0.15, 0.2) is 6.20 Å². The van der Waals surface area contributed by atoms with E-state index in [4.69, 9.17) is 9.47 Å². The molecule has 2 fully saturated rings. The normalized spacial score (nSPS) is 25.9. The van der Waals surface area contributed by atoms with Crippen LogP contribution in [0.25, 0.3) is 0 Å². The quantitative estimate of drug-likeness (QED) is 0.888. The fraction of sp³-hybridized carbons (Fsp3) is 0.857. The van der Waals surface area contributed by atoms with Crippen LogP contribution >= 0.6 is 0 Å². The Kier molecular flexibility index (Phi) is 4.33. The maximum Gasteiger partial charge on any atom is 0.0796 e. The van der Waals surface area contributed by atoms with Crippen molar-refractivity contribution in [2.24, 2.45) is 0 Å². The third-order valence-electron chi connectivity index (χ3n) is 4.32. The molecule has 0 aromatic carbocycles. The van der Waals surface area contributed by atoms with E-state index >= 15 is 0 Å². The number of hydrogen-bond acceptors (Lipinski definition) is 5. The highest BCUT2D eigenvalue weighted by Gasteiger charge is 2.38. The molecule has 0 aliphatic carbocycles. The summed E-state index contributed by atoms with van der Waals surface area (Å²) in [4.78, 5) is 0. The molecule has 3 rings (SSSR count). The molecule has 2 aliphatic heterocycles. The van der Waals surface area contributed by atoms with Gasteiger partial charge in [-0.15, -0.1) is 5.10 Å². The van der Waals surface area contributed by atoms with Crippen molar-refractivity contribution >= 4 is 0 Å². The van der Waals surface area contributed by atoms with Crippen LogP contribution in [-0.2, 0) is 16.0 Å². The highest BCUT2D eigenvalue weighted by atomic mass is 16.5. The molecule has 1 N–H and O–H groups in total. The standard InChI is InChI=1S/C14H24N4O2/c1-12-11-18(17-16-12)6-5-15-13-2-7-20-14(10-13)3-8-19-9-4-14/h11,13,15H,2-10H2,1H3/t13-/m0/s1. The Labute approximate surface area is 119 Å². The summed E-state index contributed by atoms with van der Waals surface area (Å²) in [5, 5.41) is 11.7. The summed E-state index contributed by atoms with van der Waals surface area (Å²) >= 11 is 0. The molecule has 1 aromatic rings. The van der Waals surface area contributed by atoms with Gasteiger partial charge in [-0.3, -0.25) is 4.68 Å². The molecule has 0 radical (unpaired) electrons. The Morgan fingerprint density at radius 2 is 2.25 bits per heavy atom. The summed E-state index contributed by atoms with van der Waals surface area (Å²) in [6.07, 6.45) is 6.25. The van der Waals surface area contributed by atoms with Gasteiger partial charge in [0.2, 0.25) is 0 Å². The third-order valence-corrected chi connectivity index (χ3v) is 4.32. The van der Waals surface area contributed by atoms with Crippen molar-refractivity contribution in [1.29, 1.82) is 0 Å². The molecular formula is C14H24N4O2. The van der Waals surface area contributed by atoms with Crippen LogP contribution < -0.4 is 5.32 Å². The number of aromatic nitrogens is 3. The van der Waals surface area contributed by atoms with Crippen molar-refractivity contribution in [1.82, 2.24) is 20.3 Å².